The van der Waals surface area contributed by atoms with Crippen molar-refractivity contribution in [2.45, 2.75) is 6.42 Å². The van der Waals surface area contributed by atoms with E-state index in [1.165, 1.54) is 7.05 Å². The number of anilines is 1. The van der Waals surface area contributed by atoms with Gasteiger partial charge in [0.2, 0.25) is 12.7 Å². The quantitative estimate of drug-likeness (QED) is 0.229. The molecule has 30 heavy (non-hydrogen) atoms. The van der Waals surface area contributed by atoms with E-state index in [4.69, 9.17) is 9.47 Å². The summed E-state index contributed by atoms with van der Waals surface area (Å²) in [5, 5.41) is 7.96. The number of ether oxygens (including phenoxy) is 2. The van der Waals surface area contributed by atoms with Gasteiger partial charge in [0, 0.05) is 13.6 Å². The highest BCUT2D eigenvalue weighted by molar-refractivity contribution is 14.0. The lowest BCUT2D eigenvalue weighted by Gasteiger charge is -2.12. The first-order valence-electron chi connectivity index (χ1n) is 8.74. The molecule has 0 radical (unpaired) electrons. The summed E-state index contributed by atoms with van der Waals surface area (Å²) in [5.41, 5.74) is 0.588. The van der Waals surface area contributed by atoms with Gasteiger partial charge < -0.3 is 25.4 Å². The van der Waals surface area contributed by atoms with Gasteiger partial charge in [-0.1, -0.05) is 6.07 Å². The Bertz CT molecular complexity index is 943. The molecule has 3 rings (SSSR count). The first-order valence-corrected chi connectivity index (χ1v) is 8.74. The number of hydrogen-bond donors (Lipinski definition) is 3. The fourth-order valence-electron chi connectivity index (χ4n) is 2.62. The van der Waals surface area contributed by atoms with Gasteiger partial charge in [0.1, 0.15) is 0 Å². The van der Waals surface area contributed by atoms with E-state index in [1.807, 2.05) is 18.2 Å². The van der Waals surface area contributed by atoms with E-state index in [0.717, 1.165) is 17.7 Å². The first kappa shape index (κ1) is 23.6. The van der Waals surface area contributed by atoms with Crippen molar-refractivity contribution in [3.63, 3.8) is 0 Å². The number of rotatable bonds is 6. The molecule has 1 heterocycles. The summed E-state index contributed by atoms with van der Waals surface area (Å²) in [4.78, 5) is 15.9. The Morgan fingerprint density at radius 1 is 1.07 bits per heavy atom. The van der Waals surface area contributed by atoms with Crippen LogP contribution in [0.1, 0.15) is 5.56 Å². The molecule has 7 nitrogen and oxygen atoms in total. The molecule has 3 N–H and O–H groups in total. The molecule has 162 valence electrons. The van der Waals surface area contributed by atoms with Gasteiger partial charge in [-0.15, -0.1) is 24.0 Å². The van der Waals surface area contributed by atoms with E-state index >= 15 is 0 Å². The number of carbonyl (C=O) groups excluding carboxylic acids is 1. The summed E-state index contributed by atoms with van der Waals surface area (Å²) >= 11 is 0. The average Bonchev–Trinajstić information content (AvgIpc) is 3.19. The van der Waals surface area contributed by atoms with Crippen molar-refractivity contribution in [1.82, 2.24) is 10.6 Å². The van der Waals surface area contributed by atoms with Gasteiger partial charge in [-0.2, -0.15) is 0 Å². The summed E-state index contributed by atoms with van der Waals surface area (Å²) < 4.78 is 50.3. The largest absolute Gasteiger partial charge is 0.454 e. The fraction of sp³-hybridized carbons (Fsp3) is 0.263. The number of carbonyl (C=O) groups is 1. The maximum absolute atomic E-state index is 13.6. The van der Waals surface area contributed by atoms with E-state index in [0.29, 0.717) is 30.4 Å². The van der Waals surface area contributed by atoms with Crippen LogP contribution in [0, 0.1) is 17.5 Å². The maximum Gasteiger partial charge on any atom is 0.243 e. The second kappa shape index (κ2) is 10.9. The molecule has 0 bridgehead atoms. The van der Waals surface area contributed by atoms with Crippen molar-refractivity contribution in [2.24, 2.45) is 4.99 Å². The van der Waals surface area contributed by atoms with Gasteiger partial charge in [0.25, 0.3) is 0 Å². The number of guanidine groups is 1. The Morgan fingerprint density at radius 3 is 2.60 bits per heavy atom. The highest BCUT2D eigenvalue weighted by atomic mass is 127. The molecule has 2 aromatic carbocycles. The zero-order chi connectivity index (χ0) is 20.8. The molecule has 0 aromatic heterocycles. The van der Waals surface area contributed by atoms with Gasteiger partial charge in [-0.3, -0.25) is 9.79 Å². The lowest BCUT2D eigenvalue weighted by molar-refractivity contribution is -0.115. The van der Waals surface area contributed by atoms with Gasteiger partial charge in [-0.05, 0) is 36.2 Å². The molecular formula is C19H20F3IN4O3. The van der Waals surface area contributed by atoms with Crippen molar-refractivity contribution >= 4 is 41.5 Å². The maximum atomic E-state index is 13.6. The highest BCUT2D eigenvalue weighted by Gasteiger charge is 2.15. The molecule has 0 saturated carbocycles. The molecule has 0 unspecified atom stereocenters. The van der Waals surface area contributed by atoms with Gasteiger partial charge in [-0.25, -0.2) is 13.2 Å². The lowest BCUT2D eigenvalue weighted by Crippen LogP contribution is -2.42. The van der Waals surface area contributed by atoms with Crippen LogP contribution >= 0.6 is 24.0 Å². The van der Waals surface area contributed by atoms with Crippen LogP contribution in [0.15, 0.2) is 35.3 Å². The van der Waals surface area contributed by atoms with Crippen LogP contribution in [-0.4, -0.2) is 38.8 Å². The van der Waals surface area contributed by atoms with Crippen molar-refractivity contribution in [2.75, 3.05) is 32.2 Å². The smallest absolute Gasteiger partial charge is 0.243 e. The number of nitrogens with zero attached hydrogens (tertiary/aromatic N) is 1. The molecule has 0 aliphatic carbocycles. The Morgan fingerprint density at radius 2 is 1.83 bits per heavy atom. The summed E-state index contributed by atoms with van der Waals surface area (Å²) in [6.45, 7) is 0.491. The van der Waals surface area contributed by atoms with E-state index < -0.39 is 29.0 Å². The number of nitrogens with one attached hydrogen (secondary N) is 3. The molecule has 0 fully saturated rings. The van der Waals surface area contributed by atoms with E-state index in [9.17, 15) is 18.0 Å². The fourth-order valence-corrected chi connectivity index (χ4v) is 2.62. The predicted octanol–water partition coefficient (Wildman–Crippen LogP) is 2.80. The molecule has 1 aliphatic heterocycles. The lowest BCUT2D eigenvalue weighted by atomic mass is 10.1. The summed E-state index contributed by atoms with van der Waals surface area (Å²) in [7, 11) is 1.53. The van der Waals surface area contributed by atoms with Crippen molar-refractivity contribution < 1.29 is 27.4 Å². The van der Waals surface area contributed by atoms with Gasteiger partial charge in [0.05, 0.1) is 12.2 Å². The third kappa shape index (κ3) is 5.90. The van der Waals surface area contributed by atoms with Crippen LogP contribution in [0.5, 0.6) is 11.5 Å². The van der Waals surface area contributed by atoms with Crippen LogP contribution in [0.25, 0.3) is 0 Å². The zero-order valence-electron chi connectivity index (χ0n) is 15.9. The van der Waals surface area contributed by atoms with E-state index in [1.54, 1.807) is 0 Å². The predicted molar refractivity (Wildman–Crippen MR) is 116 cm³/mol. The third-order valence-electron chi connectivity index (χ3n) is 4.09. The standard InChI is InChI=1S/C19H19F3N4O3.HI/c1-23-19(24-7-6-11-2-5-14-15(8-11)29-10-28-14)25-9-16(27)26-13-4-3-12(20)17(21)18(13)22;/h2-5,8H,6-7,9-10H2,1H3,(H,26,27)(H2,23,24,25);1H. The Balaban J connectivity index is 0.00000320. The number of fused-ring (bicyclic) bond motifs is 1. The molecular weight excluding hydrogens is 516 g/mol. The van der Waals surface area contributed by atoms with Crippen molar-refractivity contribution in [1.29, 1.82) is 0 Å². The van der Waals surface area contributed by atoms with Crippen LogP contribution in [-0.2, 0) is 11.2 Å². The molecule has 11 heteroatoms. The van der Waals surface area contributed by atoms with Crippen LogP contribution in [0.3, 0.4) is 0 Å². The van der Waals surface area contributed by atoms with Gasteiger partial charge >= 0.3 is 0 Å². The molecule has 1 amide bonds. The van der Waals surface area contributed by atoms with Crippen molar-refractivity contribution in [3.8, 4) is 11.5 Å². The summed E-state index contributed by atoms with van der Waals surface area (Å²) in [5.74, 6) is -3.30. The van der Waals surface area contributed by atoms with Gasteiger partial charge in [0.15, 0.2) is 34.9 Å². The molecule has 0 spiro atoms. The normalized spacial score (nSPS) is 12.2. The van der Waals surface area contributed by atoms with Crippen LogP contribution in [0.2, 0.25) is 0 Å². The van der Waals surface area contributed by atoms with Crippen LogP contribution < -0.4 is 25.4 Å². The monoisotopic (exact) mass is 536 g/mol. The Kier molecular flexibility index (Phi) is 8.57. The molecule has 0 saturated heterocycles. The average molecular weight is 536 g/mol. The summed E-state index contributed by atoms with van der Waals surface area (Å²) in [6, 6.07) is 7.34. The molecule has 1 aliphatic rings. The Labute approximate surface area is 188 Å². The van der Waals surface area contributed by atoms with Crippen molar-refractivity contribution in [3.05, 3.63) is 53.3 Å². The minimum atomic E-state index is -1.64. The van der Waals surface area contributed by atoms with E-state index in [2.05, 4.69) is 20.9 Å². The number of amides is 1. The Hall–Kier alpha value is -2.70. The number of halogens is 4. The SMILES string of the molecule is CN=C(NCCc1ccc2c(c1)OCO2)NCC(=O)Nc1ccc(F)c(F)c1F.I. The zero-order valence-corrected chi connectivity index (χ0v) is 18.3. The first-order chi connectivity index (χ1) is 14.0. The molecule has 2 aromatic rings. The third-order valence-corrected chi connectivity index (χ3v) is 4.09. The number of aliphatic imine (C=N–C) groups is 1. The minimum Gasteiger partial charge on any atom is -0.454 e. The number of hydrogen-bond acceptors (Lipinski definition) is 4. The second-order valence-corrected chi connectivity index (χ2v) is 6.06. The topological polar surface area (TPSA) is 84.0 Å². The summed E-state index contributed by atoms with van der Waals surface area (Å²) in [6.07, 6.45) is 0.670. The minimum absolute atomic E-state index is 0. The highest BCUT2D eigenvalue weighted by Crippen LogP contribution is 2.32. The van der Waals surface area contributed by atoms with E-state index in [-0.39, 0.29) is 37.3 Å². The second-order valence-electron chi connectivity index (χ2n) is 6.06. The number of benzene rings is 2. The van der Waals surface area contributed by atoms with Crippen LogP contribution in [0.4, 0.5) is 18.9 Å². The molecule has 0 atom stereocenters.